The summed E-state index contributed by atoms with van der Waals surface area (Å²) in [5, 5.41) is 5.47. The molecule has 0 fully saturated rings. The van der Waals surface area contributed by atoms with Crippen molar-refractivity contribution in [2.45, 2.75) is 19.9 Å². The van der Waals surface area contributed by atoms with Gasteiger partial charge in [-0.2, -0.15) is 0 Å². The van der Waals surface area contributed by atoms with Crippen molar-refractivity contribution in [2.75, 3.05) is 13.6 Å². The molecule has 94 valence electrons. The Bertz CT molecular complexity index is 426. The zero-order valence-corrected chi connectivity index (χ0v) is 10.2. The van der Waals surface area contributed by atoms with E-state index in [-0.39, 0.29) is 18.5 Å². The van der Waals surface area contributed by atoms with Gasteiger partial charge in [0.1, 0.15) is 11.5 Å². The van der Waals surface area contributed by atoms with E-state index in [9.17, 15) is 9.59 Å². The molecule has 0 aliphatic heterocycles. The molecule has 1 unspecified atom stereocenters. The molecule has 4 N–H and O–H groups in total. The van der Waals surface area contributed by atoms with Gasteiger partial charge in [0.05, 0.1) is 18.2 Å². The highest BCUT2D eigenvalue weighted by molar-refractivity contribution is 5.93. The number of furan rings is 1. The van der Waals surface area contributed by atoms with Gasteiger partial charge in [0.25, 0.3) is 5.91 Å². The summed E-state index contributed by atoms with van der Waals surface area (Å²) >= 11 is 0. The number of rotatable bonds is 5. The van der Waals surface area contributed by atoms with Crippen LogP contribution in [0.25, 0.3) is 0 Å². The van der Waals surface area contributed by atoms with Crippen molar-refractivity contribution < 1.29 is 14.0 Å². The maximum atomic E-state index is 11.3. The molecule has 0 bridgehead atoms. The summed E-state index contributed by atoms with van der Waals surface area (Å²) in [5.41, 5.74) is 5.52. The van der Waals surface area contributed by atoms with Crippen LogP contribution < -0.4 is 16.4 Å². The molecule has 1 atom stereocenters. The van der Waals surface area contributed by atoms with Crippen molar-refractivity contribution in [3.8, 4) is 0 Å². The van der Waals surface area contributed by atoms with Gasteiger partial charge in [0.15, 0.2) is 0 Å². The maximum Gasteiger partial charge on any atom is 0.252 e. The van der Waals surface area contributed by atoms with Gasteiger partial charge >= 0.3 is 0 Å². The van der Waals surface area contributed by atoms with Gasteiger partial charge in [-0.05, 0) is 27.0 Å². The zero-order chi connectivity index (χ0) is 13.0. The maximum absolute atomic E-state index is 11.3. The first kappa shape index (κ1) is 13.2. The fraction of sp³-hybridized carbons (Fsp3) is 0.455. The molecule has 1 heterocycles. The van der Waals surface area contributed by atoms with E-state index in [4.69, 9.17) is 10.2 Å². The van der Waals surface area contributed by atoms with Crippen LogP contribution in [-0.4, -0.2) is 25.4 Å². The lowest BCUT2D eigenvalue weighted by molar-refractivity contribution is -0.120. The molecule has 17 heavy (non-hydrogen) atoms. The number of amides is 2. The zero-order valence-electron chi connectivity index (χ0n) is 10.2. The SMILES string of the molecule is CNCC(=O)NC(C)c1cc(C(N)=O)c(C)o1. The summed E-state index contributed by atoms with van der Waals surface area (Å²) < 4.78 is 5.38. The van der Waals surface area contributed by atoms with Crippen molar-refractivity contribution in [2.24, 2.45) is 5.73 Å². The summed E-state index contributed by atoms with van der Waals surface area (Å²) in [6.45, 7) is 3.66. The van der Waals surface area contributed by atoms with Crippen LogP contribution in [0.15, 0.2) is 10.5 Å². The fourth-order valence-electron chi connectivity index (χ4n) is 1.49. The summed E-state index contributed by atoms with van der Waals surface area (Å²) in [6.07, 6.45) is 0. The summed E-state index contributed by atoms with van der Waals surface area (Å²) in [4.78, 5) is 22.4. The van der Waals surface area contributed by atoms with E-state index in [2.05, 4.69) is 10.6 Å². The van der Waals surface area contributed by atoms with Crippen LogP contribution in [0.3, 0.4) is 0 Å². The molecule has 0 saturated carbocycles. The first-order chi connectivity index (χ1) is 7.95. The Hall–Kier alpha value is -1.82. The Balaban J connectivity index is 2.76. The predicted octanol–water partition coefficient (Wildman–Crippen LogP) is 0.0835. The van der Waals surface area contributed by atoms with Crippen molar-refractivity contribution in [1.82, 2.24) is 10.6 Å². The molecule has 1 aromatic rings. The minimum absolute atomic E-state index is 0.144. The molecule has 0 radical (unpaired) electrons. The number of carbonyl (C=O) groups excluding carboxylic acids is 2. The van der Waals surface area contributed by atoms with E-state index in [0.717, 1.165) is 0 Å². The normalized spacial score (nSPS) is 12.2. The first-order valence-electron chi connectivity index (χ1n) is 5.29. The number of nitrogens with one attached hydrogen (secondary N) is 2. The third-order valence-electron chi connectivity index (χ3n) is 2.34. The van der Waals surface area contributed by atoms with Gasteiger partial charge in [-0.3, -0.25) is 9.59 Å². The lowest BCUT2D eigenvalue weighted by Gasteiger charge is -2.10. The Morgan fingerprint density at radius 2 is 2.18 bits per heavy atom. The van der Waals surface area contributed by atoms with E-state index in [1.165, 1.54) is 0 Å². The summed E-state index contributed by atoms with van der Waals surface area (Å²) in [6, 6.07) is 1.25. The Morgan fingerprint density at radius 3 is 2.65 bits per heavy atom. The van der Waals surface area contributed by atoms with E-state index >= 15 is 0 Å². The molecule has 0 spiro atoms. The molecular formula is C11H17N3O3. The molecule has 1 rings (SSSR count). The molecule has 0 aliphatic rings. The molecule has 1 aromatic heterocycles. The van der Waals surface area contributed by atoms with E-state index in [0.29, 0.717) is 17.1 Å². The van der Waals surface area contributed by atoms with Crippen LogP contribution >= 0.6 is 0 Å². The molecule has 2 amide bonds. The van der Waals surface area contributed by atoms with Gasteiger partial charge in [-0.25, -0.2) is 0 Å². The average molecular weight is 239 g/mol. The minimum atomic E-state index is -0.536. The monoisotopic (exact) mass is 239 g/mol. The molecule has 6 heteroatoms. The first-order valence-corrected chi connectivity index (χ1v) is 5.29. The van der Waals surface area contributed by atoms with Crippen LogP contribution in [-0.2, 0) is 4.79 Å². The summed E-state index contributed by atoms with van der Waals surface area (Å²) in [7, 11) is 1.69. The number of likely N-dealkylation sites (N-methyl/N-ethyl adjacent to an activating group) is 1. The lowest BCUT2D eigenvalue weighted by atomic mass is 10.2. The molecule has 0 aliphatic carbocycles. The molecule has 0 aromatic carbocycles. The molecule has 6 nitrogen and oxygen atoms in total. The van der Waals surface area contributed by atoms with Gasteiger partial charge in [-0.1, -0.05) is 0 Å². The standard InChI is InChI=1S/C11H17N3O3/c1-6(14-10(15)5-13-3)9-4-8(11(12)16)7(2)17-9/h4,6,13H,5H2,1-3H3,(H2,12,16)(H,14,15). The van der Waals surface area contributed by atoms with E-state index in [1.807, 2.05) is 0 Å². The van der Waals surface area contributed by atoms with Gasteiger partial charge < -0.3 is 20.8 Å². The number of carbonyl (C=O) groups is 2. The van der Waals surface area contributed by atoms with Crippen molar-refractivity contribution in [1.29, 1.82) is 0 Å². The highest BCUT2D eigenvalue weighted by atomic mass is 16.3. The van der Waals surface area contributed by atoms with Crippen LogP contribution in [0.5, 0.6) is 0 Å². The minimum Gasteiger partial charge on any atom is -0.463 e. The van der Waals surface area contributed by atoms with Crippen molar-refractivity contribution >= 4 is 11.8 Å². The molecule has 0 saturated heterocycles. The number of primary amides is 1. The van der Waals surface area contributed by atoms with Crippen molar-refractivity contribution in [3.05, 3.63) is 23.2 Å². The quantitative estimate of drug-likeness (QED) is 0.678. The second-order valence-electron chi connectivity index (χ2n) is 3.80. The fourth-order valence-corrected chi connectivity index (χ4v) is 1.49. The number of nitrogens with two attached hydrogens (primary N) is 1. The Morgan fingerprint density at radius 1 is 1.53 bits per heavy atom. The second kappa shape index (κ2) is 5.49. The van der Waals surface area contributed by atoms with Crippen LogP contribution in [0.1, 0.15) is 34.8 Å². The van der Waals surface area contributed by atoms with E-state index < -0.39 is 5.91 Å². The van der Waals surface area contributed by atoms with Gasteiger partial charge in [0.2, 0.25) is 5.91 Å². The van der Waals surface area contributed by atoms with Crippen LogP contribution in [0, 0.1) is 6.92 Å². The Labute approximate surface area is 99.5 Å². The lowest BCUT2D eigenvalue weighted by Crippen LogP contribution is -2.33. The Kier molecular flexibility index (Phi) is 4.28. The van der Waals surface area contributed by atoms with E-state index in [1.54, 1.807) is 27.0 Å². The number of hydrogen-bond donors (Lipinski definition) is 3. The summed E-state index contributed by atoms with van der Waals surface area (Å²) in [5.74, 6) is 0.295. The number of aryl methyl sites for hydroxylation is 1. The highest BCUT2D eigenvalue weighted by Gasteiger charge is 2.17. The van der Waals surface area contributed by atoms with Crippen LogP contribution in [0.2, 0.25) is 0 Å². The predicted molar refractivity (Wildman–Crippen MR) is 62.4 cm³/mol. The second-order valence-corrected chi connectivity index (χ2v) is 3.80. The molecular weight excluding hydrogens is 222 g/mol. The number of hydrogen-bond acceptors (Lipinski definition) is 4. The van der Waals surface area contributed by atoms with Gasteiger partial charge in [-0.15, -0.1) is 0 Å². The third-order valence-corrected chi connectivity index (χ3v) is 2.34. The highest BCUT2D eigenvalue weighted by Crippen LogP contribution is 2.20. The van der Waals surface area contributed by atoms with Crippen molar-refractivity contribution in [3.63, 3.8) is 0 Å². The van der Waals surface area contributed by atoms with Crippen LogP contribution in [0.4, 0.5) is 0 Å². The largest absolute Gasteiger partial charge is 0.463 e. The topological polar surface area (TPSA) is 97.4 Å². The van der Waals surface area contributed by atoms with Gasteiger partial charge in [0, 0.05) is 0 Å². The third kappa shape index (κ3) is 3.32. The average Bonchev–Trinajstić information content (AvgIpc) is 2.60. The smallest absolute Gasteiger partial charge is 0.252 e.